The number of nitrogens with zero attached hydrogens (tertiary/aromatic N) is 1. The number of carbonyl (C=O) groups excluding carboxylic acids is 2. The maximum Gasteiger partial charge on any atom is 0.338 e. The molecule has 2 aromatic rings. The van der Waals surface area contributed by atoms with E-state index in [0.29, 0.717) is 12.2 Å². The standard InChI is InChI=1S/C22H25N3O5/c26-21(24-18-9-5-2-6-10-18)15-30-22(27)17-11-12-19(20(13-17)25(28)29)23-14-16-7-3-1-4-8-16/h1,3-4,7-8,11-13,18,23H,2,5-6,9-10,14-15H2,(H,24,26). The van der Waals surface area contributed by atoms with Gasteiger partial charge in [0.05, 0.1) is 10.5 Å². The smallest absolute Gasteiger partial charge is 0.338 e. The minimum absolute atomic E-state index is 0.0254. The summed E-state index contributed by atoms with van der Waals surface area (Å²) in [5.74, 6) is -1.13. The molecule has 158 valence electrons. The zero-order valence-electron chi connectivity index (χ0n) is 16.6. The van der Waals surface area contributed by atoms with Crippen molar-refractivity contribution < 1.29 is 19.2 Å². The predicted octanol–water partition coefficient (Wildman–Crippen LogP) is 3.81. The normalized spacial score (nSPS) is 14.0. The fourth-order valence-electron chi connectivity index (χ4n) is 3.48. The van der Waals surface area contributed by atoms with Gasteiger partial charge in [0.1, 0.15) is 5.69 Å². The van der Waals surface area contributed by atoms with Gasteiger partial charge in [-0.05, 0) is 30.5 Å². The van der Waals surface area contributed by atoms with Crippen molar-refractivity contribution in [1.82, 2.24) is 5.32 Å². The van der Waals surface area contributed by atoms with Crippen LogP contribution < -0.4 is 10.6 Å². The van der Waals surface area contributed by atoms with E-state index in [0.717, 1.165) is 37.3 Å². The lowest BCUT2D eigenvalue weighted by Crippen LogP contribution is -2.38. The molecule has 8 heteroatoms. The summed E-state index contributed by atoms with van der Waals surface area (Å²) in [7, 11) is 0. The molecule has 0 radical (unpaired) electrons. The Balaban J connectivity index is 1.58. The van der Waals surface area contributed by atoms with E-state index in [1.54, 1.807) is 0 Å². The second kappa shape index (κ2) is 10.4. The summed E-state index contributed by atoms with van der Waals surface area (Å²) >= 11 is 0. The van der Waals surface area contributed by atoms with Crippen molar-refractivity contribution in [3.8, 4) is 0 Å². The van der Waals surface area contributed by atoms with Gasteiger partial charge in [-0.25, -0.2) is 4.79 Å². The van der Waals surface area contributed by atoms with Gasteiger partial charge < -0.3 is 15.4 Å². The highest BCUT2D eigenvalue weighted by Gasteiger charge is 2.20. The van der Waals surface area contributed by atoms with Crippen LogP contribution in [0.4, 0.5) is 11.4 Å². The van der Waals surface area contributed by atoms with Crippen LogP contribution in [0.1, 0.15) is 48.0 Å². The third-order valence-corrected chi connectivity index (χ3v) is 5.06. The molecule has 3 rings (SSSR count). The maximum atomic E-state index is 12.3. The largest absolute Gasteiger partial charge is 0.452 e. The highest BCUT2D eigenvalue weighted by Crippen LogP contribution is 2.26. The average Bonchev–Trinajstić information content (AvgIpc) is 2.77. The number of hydrogen-bond donors (Lipinski definition) is 2. The van der Waals surface area contributed by atoms with Crippen LogP contribution in [-0.2, 0) is 16.1 Å². The van der Waals surface area contributed by atoms with Crippen molar-refractivity contribution in [3.05, 3.63) is 69.8 Å². The van der Waals surface area contributed by atoms with Crippen LogP contribution in [0.5, 0.6) is 0 Å². The van der Waals surface area contributed by atoms with E-state index in [9.17, 15) is 19.7 Å². The van der Waals surface area contributed by atoms with Gasteiger partial charge >= 0.3 is 5.97 Å². The van der Waals surface area contributed by atoms with Crippen LogP contribution in [0.25, 0.3) is 0 Å². The van der Waals surface area contributed by atoms with Crippen LogP contribution in [0.2, 0.25) is 0 Å². The highest BCUT2D eigenvalue weighted by molar-refractivity contribution is 5.93. The second-order valence-corrected chi connectivity index (χ2v) is 7.31. The van der Waals surface area contributed by atoms with E-state index in [1.165, 1.54) is 18.6 Å². The van der Waals surface area contributed by atoms with Crippen molar-refractivity contribution in [1.29, 1.82) is 0 Å². The second-order valence-electron chi connectivity index (χ2n) is 7.31. The van der Waals surface area contributed by atoms with Crippen molar-refractivity contribution >= 4 is 23.3 Å². The molecule has 0 bridgehead atoms. The number of carbonyl (C=O) groups is 2. The number of amides is 1. The summed E-state index contributed by atoms with van der Waals surface area (Å²) in [6, 6.07) is 13.7. The van der Waals surface area contributed by atoms with E-state index in [2.05, 4.69) is 10.6 Å². The summed E-state index contributed by atoms with van der Waals surface area (Å²) in [5.41, 5.74) is 1.07. The number of nitro groups is 1. The maximum absolute atomic E-state index is 12.3. The molecule has 1 aliphatic rings. The van der Waals surface area contributed by atoms with E-state index in [1.807, 2.05) is 30.3 Å². The van der Waals surface area contributed by atoms with E-state index in [4.69, 9.17) is 4.74 Å². The number of nitro benzene ring substituents is 1. The van der Waals surface area contributed by atoms with Crippen LogP contribution in [0.3, 0.4) is 0 Å². The van der Waals surface area contributed by atoms with Gasteiger partial charge in [-0.1, -0.05) is 49.6 Å². The molecule has 2 N–H and O–H groups in total. The summed E-state index contributed by atoms with van der Waals surface area (Å²) < 4.78 is 5.04. The highest BCUT2D eigenvalue weighted by atomic mass is 16.6. The van der Waals surface area contributed by atoms with Crippen LogP contribution in [0, 0.1) is 10.1 Å². The monoisotopic (exact) mass is 411 g/mol. The molecule has 1 aliphatic carbocycles. The number of anilines is 1. The van der Waals surface area contributed by atoms with E-state index < -0.39 is 17.5 Å². The van der Waals surface area contributed by atoms with Crippen LogP contribution in [-0.4, -0.2) is 29.4 Å². The van der Waals surface area contributed by atoms with Crippen molar-refractivity contribution in [2.45, 2.75) is 44.7 Å². The first kappa shape index (κ1) is 21.3. The Kier molecular flexibility index (Phi) is 7.37. The number of rotatable bonds is 8. The van der Waals surface area contributed by atoms with Crippen molar-refractivity contribution in [3.63, 3.8) is 0 Å². The number of nitrogens with one attached hydrogen (secondary N) is 2. The Labute approximate surface area is 174 Å². The number of ether oxygens (including phenoxy) is 1. The quantitative estimate of drug-likeness (QED) is 0.388. The minimum atomic E-state index is -0.772. The molecular formula is C22H25N3O5. The Morgan fingerprint density at radius 3 is 2.50 bits per heavy atom. The minimum Gasteiger partial charge on any atom is -0.452 e. The topological polar surface area (TPSA) is 111 Å². The molecule has 0 saturated heterocycles. The Bertz CT molecular complexity index is 895. The Morgan fingerprint density at radius 2 is 1.80 bits per heavy atom. The molecule has 0 aromatic heterocycles. The molecule has 0 spiro atoms. The lowest BCUT2D eigenvalue weighted by atomic mass is 9.95. The molecule has 2 aromatic carbocycles. The first-order valence-corrected chi connectivity index (χ1v) is 10.1. The van der Waals surface area contributed by atoms with Gasteiger partial charge in [-0.3, -0.25) is 14.9 Å². The SMILES string of the molecule is O=C(COC(=O)c1ccc(NCc2ccccc2)c([N+](=O)[O-])c1)NC1CCCCC1. The molecule has 0 atom stereocenters. The molecule has 0 aliphatic heterocycles. The first-order valence-electron chi connectivity index (χ1n) is 10.1. The third-order valence-electron chi connectivity index (χ3n) is 5.06. The zero-order chi connectivity index (χ0) is 21.3. The number of hydrogen-bond acceptors (Lipinski definition) is 6. The number of benzene rings is 2. The third kappa shape index (κ3) is 6.04. The number of esters is 1. The fourth-order valence-corrected chi connectivity index (χ4v) is 3.48. The fraction of sp³-hybridized carbons (Fsp3) is 0.364. The Hall–Kier alpha value is -3.42. The van der Waals surface area contributed by atoms with Gasteiger partial charge in [0.15, 0.2) is 6.61 Å². The van der Waals surface area contributed by atoms with Gasteiger partial charge in [-0.2, -0.15) is 0 Å². The summed E-state index contributed by atoms with van der Waals surface area (Å²) in [6.45, 7) is 0.00392. The molecule has 30 heavy (non-hydrogen) atoms. The first-order chi connectivity index (χ1) is 14.5. The molecule has 1 amide bonds. The van der Waals surface area contributed by atoms with Crippen molar-refractivity contribution in [2.24, 2.45) is 0 Å². The van der Waals surface area contributed by atoms with Crippen LogP contribution >= 0.6 is 0 Å². The van der Waals surface area contributed by atoms with Crippen LogP contribution in [0.15, 0.2) is 48.5 Å². The average molecular weight is 411 g/mol. The summed E-state index contributed by atoms with van der Waals surface area (Å²) in [4.78, 5) is 35.1. The van der Waals surface area contributed by atoms with Gasteiger partial charge in [0, 0.05) is 18.7 Å². The van der Waals surface area contributed by atoms with E-state index >= 15 is 0 Å². The molecule has 0 unspecified atom stereocenters. The van der Waals surface area contributed by atoms with Gasteiger partial charge in [-0.15, -0.1) is 0 Å². The predicted molar refractivity (Wildman–Crippen MR) is 112 cm³/mol. The molecular weight excluding hydrogens is 386 g/mol. The summed E-state index contributed by atoms with van der Waals surface area (Å²) in [5, 5.41) is 17.3. The molecule has 8 nitrogen and oxygen atoms in total. The molecule has 1 fully saturated rings. The molecule has 0 heterocycles. The lowest BCUT2D eigenvalue weighted by Gasteiger charge is -2.22. The van der Waals surface area contributed by atoms with Gasteiger partial charge in [0.25, 0.3) is 11.6 Å². The lowest BCUT2D eigenvalue weighted by molar-refractivity contribution is -0.384. The van der Waals surface area contributed by atoms with E-state index in [-0.39, 0.29) is 23.2 Å². The molecule has 1 saturated carbocycles. The van der Waals surface area contributed by atoms with Crippen molar-refractivity contribution in [2.75, 3.05) is 11.9 Å². The Morgan fingerprint density at radius 1 is 1.07 bits per heavy atom. The summed E-state index contributed by atoms with van der Waals surface area (Å²) in [6.07, 6.45) is 5.21. The zero-order valence-corrected chi connectivity index (χ0v) is 16.6. The van der Waals surface area contributed by atoms with Gasteiger partial charge in [0.2, 0.25) is 0 Å².